The van der Waals surface area contributed by atoms with Gasteiger partial charge < -0.3 is 14.8 Å². The fourth-order valence-corrected chi connectivity index (χ4v) is 3.45. The number of rotatable bonds is 2. The van der Waals surface area contributed by atoms with Crippen molar-refractivity contribution in [1.82, 2.24) is 9.47 Å². The third-order valence-electron chi connectivity index (χ3n) is 4.15. The molecule has 1 atom stereocenters. The number of urea groups is 1. The number of fused-ring (bicyclic) bond motifs is 1. The van der Waals surface area contributed by atoms with E-state index in [4.69, 9.17) is 0 Å². The summed E-state index contributed by atoms with van der Waals surface area (Å²) in [6.45, 7) is 5.54. The molecular formula is C17H19BrFN3O. The number of amides is 2. The lowest BCUT2D eigenvalue weighted by molar-refractivity contribution is 0.143. The van der Waals surface area contributed by atoms with Crippen molar-refractivity contribution >= 4 is 27.6 Å². The smallest absolute Gasteiger partial charge is 0.322 e. The summed E-state index contributed by atoms with van der Waals surface area (Å²) in [5, 5.41) is 2.70. The minimum absolute atomic E-state index is 0.0164. The van der Waals surface area contributed by atoms with Crippen LogP contribution in [0.15, 0.2) is 41.0 Å². The van der Waals surface area contributed by atoms with Gasteiger partial charge in [-0.3, -0.25) is 0 Å². The van der Waals surface area contributed by atoms with Gasteiger partial charge in [-0.2, -0.15) is 0 Å². The molecule has 4 nitrogen and oxygen atoms in total. The number of carbonyl (C=O) groups excluding carboxylic acids is 1. The molecule has 23 heavy (non-hydrogen) atoms. The summed E-state index contributed by atoms with van der Waals surface area (Å²) in [7, 11) is 0. The Labute approximate surface area is 143 Å². The monoisotopic (exact) mass is 379 g/mol. The van der Waals surface area contributed by atoms with E-state index in [1.165, 1.54) is 6.07 Å². The zero-order valence-electron chi connectivity index (χ0n) is 13.1. The van der Waals surface area contributed by atoms with Crippen LogP contribution < -0.4 is 5.32 Å². The average molecular weight is 380 g/mol. The summed E-state index contributed by atoms with van der Waals surface area (Å²) in [5.74, 6) is -0.182. The van der Waals surface area contributed by atoms with Gasteiger partial charge in [0.1, 0.15) is 5.82 Å². The number of carbonyl (C=O) groups is 1. The molecule has 1 aromatic heterocycles. The third kappa shape index (κ3) is 3.13. The first-order chi connectivity index (χ1) is 11.0. The average Bonchev–Trinajstić information content (AvgIpc) is 2.97. The van der Waals surface area contributed by atoms with Crippen molar-refractivity contribution in [2.75, 3.05) is 11.9 Å². The molecule has 0 saturated carbocycles. The van der Waals surface area contributed by atoms with E-state index in [2.05, 4.69) is 39.7 Å². The first-order valence-corrected chi connectivity index (χ1v) is 8.44. The van der Waals surface area contributed by atoms with Gasteiger partial charge >= 0.3 is 6.03 Å². The molecule has 0 fully saturated rings. The Morgan fingerprint density at radius 1 is 1.35 bits per heavy atom. The molecule has 0 radical (unpaired) electrons. The van der Waals surface area contributed by atoms with Gasteiger partial charge in [-0.05, 0) is 36.2 Å². The molecule has 0 bridgehead atoms. The molecular weight excluding hydrogens is 361 g/mol. The summed E-state index contributed by atoms with van der Waals surface area (Å²) in [6.07, 6.45) is 2.04. The SMILES string of the molecule is CC(C)C1c2cccn2CCN1C(=O)Nc1ccc(Br)cc1F. The van der Waals surface area contributed by atoms with Crippen LogP contribution in [0.25, 0.3) is 0 Å². The van der Waals surface area contributed by atoms with E-state index < -0.39 is 5.82 Å². The van der Waals surface area contributed by atoms with Crippen molar-refractivity contribution in [2.45, 2.75) is 26.4 Å². The number of nitrogens with one attached hydrogen (secondary N) is 1. The molecule has 3 rings (SSSR count). The Balaban J connectivity index is 1.84. The molecule has 1 aliphatic heterocycles. The number of benzene rings is 1. The highest BCUT2D eigenvalue weighted by atomic mass is 79.9. The molecule has 0 spiro atoms. The second-order valence-electron chi connectivity index (χ2n) is 6.06. The maximum absolute atomic E-state index is 14.0. The highest BCUT2D eigenvalue weighted by molar-refractivity contribution is 9.10. The zero-order valence-corrected chi connectivity index (χ0v) is 14.7. The number of anilines is 1. The van der Waals surface area contributed by atoms with E-state index in [0.717, 1.165) is 12.2 Å². The van der Waals surface area contributed by atoms with Gasteiger partial charge in [0.2, 0.25) is 0 Å². The third-order valence-corrected chi connectivity index (χ3v) is 4.64. The number of nitrogens with zero attached hydrogens (tertiary/aromatic N) is 2. The molecule has 1 N–H and O–H groups in total. The van der Waals surface area contributed by atoms with Crippen molar-refractivity contribution in [3.8, 4) is 0 Å². The summed E-state index contributed by atoms with van der Waals surface area (Å²) in [6, 6.07) is 8.38. The number of hydrogen-bond donors (Lipinski definition) is 1. The molecule has 0 saturated heterocycles. The first kappa shape index (κ1) is 16.1. The molecule has 1 aliphatic rings. The second kappa shape index (κ2) is 6.35. The minimum atomic E-state index is -0.450. The van der Waals surface area contributed by atoms with Crippen molar-refractivity contribution in [2.24, 2.45) is 5.92 Å². The van der Waals surface area contributed by atoms with Crippen LogP contribution in [0.2, 0.25) is 0 Å². The van der Waals surface area contributed by atoms with E-state index in [1.54, 1.807) is 17.0 Å². The van der Waals surface area contributed by atoms with E-state index in [0.29, 0.717) is 11.0 Å². The van der Waals surface area contributed by atoms with Crippen LogP contribution in [0.4, 0.5) is 14.9 Å². The summed E-state index contributed by atoms with van der Waals surface area (Å²) < 4.78 is 16.8. The van der Waals surface area contributed by atoms with Gasteiger partial charge in [0, 0.05) is 29.5 Å². The van der Waals surface area contributed by atoms with E-state index in [-0.39, 0.29) is 23.7 Å². The van der Waals surface area contributed by atoms with E-state index in [1.807, 2.05) is 18.3 Å². The molecule has 6 heteroatoms. The lowest BCUT2D eigenvalue weighted by Crippen LogP contribution is -2.45. The topological polar surface area (TPSA) is 37.3 Å². The van der Waals surface area contributed by atoms with E-state index >= 15 is 0 Å². The van der Waals surface area contributed by atoms with Crippen LogP contribution in [0.5, 0.6) is 0 Å². The van der Waals surface area contributed by atoms with Gasteiger partial charge in [0.15, 0.2) is 0 Å². The van der Waals surface area contributed by atoms with Gasteiger partial charge in [-0.15, -0.1) is 0 Å². The Kier molecular flexibility index (Phi) is 4.43. The molecule has 2 heterocycles. The Morgan fingerprint density at radius 3 is 2.83 bits per heavy atom. The summed E-state index contributed by atoms with van der Waals surface area (Å²) >= 11 is 3.22. The van der Waals surface area contributed by atoms with Gasteiger partial charge in [0.25, 0.3) is 0 Å². The zero-order chi connectivity index (χ0) is 16.6. The fraction of sp³-hybridized carbons (Fsp3) is 0.353. The highest BCUT2D eigenvalue weighted by Gasteiger charge is 2.33. The summed E-state index contributed by atoms with van der Waals surface area (Å²) in [4.78, 5) is 14.5. The molecule has 0 aliphatic carbocycles. The van der Waals surface area contributed by atoms with Crippen LogP contribution in [-0.4, -0.2) is 22.0 Å². The van der Waals surface area contributed by atoms with Crippen LogP contribution in [-0.2, 0) is 6.54 Å². The standard InChI is InChI=1S/C17H19BrFN3O/c1-11(2)16-15-4-3-7-21(15)8-9-22(16)17(23)20-14-6-5-12(18)10-13(14)19/h3-7,10-11,16H,8-9H2,1-2H3,(H,20,23). The number of hydrogen-bond acceptors (Lipinski definition) is 1. The lowest BCUT2D eigenvalue weighted by Gasteiger charge is -2.39. The van der Waals surface area contributed by atoms with Crippen LogP contribution in [0.1, 0.15) is 25.6 Å². The van der Waals surface area contributed by atoms with Crippen molar-refractivity contribution in [1.29, 1.82) is 0 Å². The normalized spacial score (nSPS) is 17.3. The maximum Gasteiger partial charge on any atom is 0.322 e. The molecule has 2 aromatic rings. The molecule has 1 unspecified atom stereocenters. The summed E-state index contributed by atoms with van der Waals surface area (Å²) in [5.41, 5.74) is 1.32. The number of aromatic nitrogens is 1. The molecule has 1 aromatic carbocycles. The Bertz CT molecular complexity index is 728. The van der Waals surface area contributed by atoms with Crippen molar-refractivity contribution in [3.63, 3.8) is 0 Å². The maximum atomic E-state index is 14.0. The second-order valence-corrected chi connectivity index (χ2v) is 6.98. The largest absolute Gasteiger partial charge is 0.348 e. The predicted octanol–water partition coefficient (Wildman–Crippen LogP) is 4.63. The lowest BCUT2D eigenvalue weighted by atomic mass is 9.97. The fourth-order valence-electron chi connectivity index (χ4n) is 3.12. The van der Waals surface area contributed by atoms with Crippen LogP contribution >= 0.6 is 15.9 Å². The van der Waals surface area contributed by atoms with Crippen LogP contribution in [0, 0.1) is 11.7 Å². The number of halogens is 2. The molecule has 2 amide bonds. The van der Waals surface area contributed by atoms with Crippen LogP contribution in [0.3, 0.4) is 0 Å². The Hall–Kier alpha value is -1.82. The predicted molar refractivity (Wildman–Crippen MR) is 91.8 cm³/mol. The van der Waals surface area contributed by atoms with Gasteiger partial charge in [-0.25, -0.2) is 9.18 Å². The van der Waals surface area contributed by atoms with Crippen molar-refractivity contribution < 1.29 is 9.18 Å². The minimum Gasteiger partial charge on any atom is -0.348 e. The van der Waals surface area contributed by atoms with Gasteiger partial charge in [-0.1, -0.05) is 29.8 Å². The first-order valence-electron chi connectivity index (χ1n) is 7.65. The Morgan fingerprint density at radius 2 is 2.13 bits per heavy atom. The molecule has 122 valence electrons. The quantitative estimate of drug-likeness (QED) is 0.810. The van der Waals surface area contributed by atoms with Gasteiger partial charge in [0.05, 0.1) is 11.7 Å². The highest BCUT2D eigenvalue weighted by Crippen LogP contribution is 2.33. The van der Waals surface area contributed by atoms with Crippen molar-refractivity contribution in [3.05, 3.63) is 52.5 Å². The van der Waals surface area contributed by atoms with E-state index in [9.17, 15) is 9.18 Å².